The molecule has 6 heteroatoms. The van der Waals surface area contributed by atoms with Gasteiger partial charge in [-0.1, -0.05) is 59.3 Å². The molecule has 0 heterocycles. The van der Waals surface area contributed by atoms with Crippen molar-refractivity contribution in [2.75, 3.05) is 7.05 Å². The summed E-state index contributed by atoms with van der Waals surface area (Å²) in [6, 6.07) is 0. The summed E-state index contributed by atoms with van der Waals surface area (Å²) in [7, 11) is 1.38. The second-order valence-corrected chi connectivity index (χ2v) is 5.92. The van der Waals surface area contributed by atoms with Gasteiger partial charge in [0.1, 0.15) is 5.71 Å². The minimum absolute atomic E-state index is 0.512. The molecule has 0 bridgehead atoms. The molecule has 0 aromatic rings. The van der Waals surface area contributed by atoms with Crippen LogP contribution in [0, 0.1) is 11.3 Å². The van der Waals surface area contributed by atoms with Crippen LogP contribution < -0.4 is 5.43 Å². The highest BCUT2D eigenvalue weighted by Gasteiger charge is 2.49. The number of hydrogen-bond acceptors (Lipinski definition) is 2. The molecule has 0 aromatic carbocycles. The Kier molecular flexibility index (Phi) is 4.46. The zero-order chi connectivity index (χ0) is 15.7. The summed E-state index contributed by atoms with van der Waals surface area (Å²) in [6.45, 7) is 1.58. The zero-order valence-corrected chi connectivity index (χ0v) is 13.3. The van der Waals surface area contributed by atoms with E-state index in [1.165, 1.54) is 7.05 Å². The third-order valence-corrected chi connectivity index (χ3v) is 4.64. The van der Waals surface area contributed by atoms with Gasteiger partial charge in [-0.3, -0.25) is 0 Å². The first kappa shape index (κ1) is 16.1. The van der Waals surface area contributed by atoms with E-state index in [4.69, 9.17) is 0 Å². The highest BCUT2D eigenvalue weighted by Crippen LogP contribution is 2.50. The molecule has 0 amide bonds. The lowest BCUT2D eigenvalue weighted by atomic mass is 9.63. The smallest absolute Gasteiger partial charge is 0.313 e. The molecule has 0 spiro atoms. The van der Waals surface area contributed by atoms with Crippen molar-refractivity contribution in [2.45, 2.75) is 19.5 Å². The topological polar surface area (TPSA) is 24.4 Å². The fraction of sp³-hybridized carbons (Fsp3) is 0.400. The molecule has 0 aromatic heterocycles. The molecule has 2 unspecified atom stereocenters. The van der Waals surface area contributed by atoms with Crippen molar-refractivity contribution in [1.82, 2.24) is 5.43 Å². The maximum absolute atomic E-state index is 13.3. The van der Waals surface area contributed by atoms with Crippen molar-refractivity contribution in [2.24, 2.45) is 16.4 Å². The molecule has 114 valence electrons. The van der Waals surface area contributed by atoms with Crippen LogP contribution in [0.5, 0.6) is 0 Å². The summed E-state index contributed by atoms with van der Waals surface area (Å²) < 4.78 is 40.7. The summed E-state index contributed by atoms with van der Waals surface area (Å²) >= 11 is 3.44. The van der Waals surface area contributed by atoms with Crippen LogP contribution in [-0.2, 0) is 0 Å². The first-order valence-corrected chi connectivity index (χ1v) is 7.36. The van der Waals surface area contributed by atoms with Crippen LogP contribution in [0.3, 0.4) is 0 Å². The molecule has 2 atom stereocenters. The van der Waals surface area contributed by atoms with Gasteiger partial charge in [-0.05, 0) is 12.0 Å². The lowest BCUT2D eigenvalue weighted by molar-refractivity contribution is -0.0649. The van der Waals surface area contributed by atoms with E-state index in [0.717, 1.165) is 10.1 Å². The lowest BCUT2D eigenvalue weighted by Crippen LogP contribution is -2.42. The molecule has 2 aliphatic rings. The van der Waals surface area contributed by atoms with Crippen molar-refractivity contribution in [3.05, 3.63) is 46.5 Å². The third kappa shape index (κ3) is 2.86. The average Bonchev–Trinajstić information content (AvgIpc) is 2.43. The van der Waals surface area contributed by atoms with Crippen molar-refractivity contribution in [3.63, 3.8) is 0 Å². The average molecular weight is 361 g/mol. The Labute approximate surface area is 130 Å². The number of alkyl halides is 3. The number of hydrogen-bond donors (Lipinski definition) is 1. The molecule has 0 saturated heterocycles. The second-order valence-electron chi connectivity index (χ2n) is 5.07. The predicted molar refractivity (Wildman–Crippen MR) is 82.1 cm³/mol. The Balaban J connectivity index is 2.52. The van der Waals surface area contributed by atoms with E-state index in [0.29, 0.717) is 6.42 Å². The highest BCUT2D eigenvalue weighted by atomic mass is 79.9. The van der Waals surface area contributed by atoms with Gasteiger partial charge >= 0.3 is 6.18 Å². The van der Waals surface area contributed by atoms with Crippen molar-refractivity contribution in [3.8, 4) is 0 Å². The fourth-order valence-electron chi connectivity index (χ4n) is 2.88. The number of nitrogens with zero attached hydrogens (tertiary/aromatic N) is 1. The molecule has 0 aliphatic heterocycles. The minimum atomic E-state index is -4.47. The van der Waals surface area contributed by atoms with Gasteiger partial charge in [0.15, 0.2) is 0 Å². The van der Waals surface area contributed by atoms with Crippen LogP contribution in [0.2, 0.25) is 0 Å². The van der Waals surface area contributed by atoms with Crippen molar-refractivity contribution in [1.29, 1.82) is 0 Å². The normalized spacial score (nSPS) is 26.9. The van der Waals surface area contributed by atoms with Gasteiger partial charge in [0.05, 0.1) is 0 Å². The first-order valence-electron chi connectivity index (χ1n) is 6.57. The fourth-order valence-corrected chi connectivity index (χ4v) is 3.56. The summed E-state index contributed by atoms with van der Waals surface area (Å²) in [5.41, 5.74) is 1.61. The first-order chi connectivity index (χ1) is 9.83. The van der Waals surface area contributed by atoms with Gasteiger partial charge in [-0.25, -0.2) is 0 Å². The largest absolute Gasteiger partial charge is 0.431 e. The van der Waals surface area contributed by atoms with Crippen LogP contribution in [0.15, 0.2) is 51.6 Å². The Bertz CT molecular complexity index is 570. The number of allylic oxidation sites excluding steroid dienone is 8. The maximum Gasteiger partial charge on any atom is 0.431 e. The molecule has 0 fully saturated rings. The Hall–Kier alpha value is -1.30. The molecule has 2 rings (SSSR count). The highest BCUT2D eigenvalue weighted by molar-refractivity contribution is 9.11. The summed E-state index contributed by atoms with van der Waals surface area (Å²) in [5.74, 6) is -0.807. The summed E-state index contributed by atoms with van der Waals surface area (Å²) in [5, 5.41) is 3.50. The monoisotopic (exact) mass is 360 g/mol. The van der Waals surface area contributed by atoms with Gasteiger partial charge in [0.2, 0.25) is 0 Å². The van der Waals surface area contributed by atoms with Crippen molar-refractivity contribution >= 4 is 21.6 Å². The minimum Gasteiger partial charge on any atom is -0.313 e. The molecule has 2 nitrogen and oxygen atoms in total. The van der Waals surface area contributed by atoms with Crippen molar-refractivity contribution < 1.29 is 13.2 Å². The van der Waals surface area contributed by atoms with E-state index in [1.807, 2.05) is 30.4 Å². The SMILES string of the molecule is CN/N=C(\C(C)C12C=CC=CC1=C(Br)C=CC2)C(F)(F)F. The number of nitrogens with one attached hydrogen (secondary N) is 1. The predicted octanol–water partition coefficient (Wildman–Crippen LogP) is 4.48. The van der Waals surface area contributed by atoms with Crippen LogP contribution in [0.4, 0.5) is 13.2 Å². The lowest BCUT2D eigenvalue weighted by Gasteiger charge is -2.41. The number of fused-ring (bicyclic) bond motifs is 1. The third-order valence-electron chi connectivity index (χ3n) is 3.95. The van der Waals surface area contributed by atoms with E-state index in [-0.39, 0.29) is 0 Å². The molecule has 1 N–H and O–H groups in total. The summed E-state index contributed by atoms with van der Waals surface area (Å²) in [6.07, 6.45) is 7.15. The number of rotatable bonds is 3. The Morgan fingerprint density at radius 1 is 1.38 bits per heavy atom. The number of hydrazone groups is 1. The van der Waals surface area contributed by atoms with Gasteiger partial charge in [0.25, 0.3) is 0 Å². The molecule has 0 saturated carbocycles. The van der Waals surface area contributed by atoms with Gasteiger partial charge in [-0.2, -0.15) is 18.3 Å². The standard InChI is InChI=1S/C15H16BrF3N2/c1-10(13(21-20-2)15(17,18)19)14-8-4-3-6-11(14)12(16)7-5-9-14/h3-8,10,20H,9H2,1-2H3/b21-13+. The number of halogens is 4. The van der Waals surface area contributed by atoms with E-state index < -0.39 is 23.2 Å². The summed E-state index contributed by atoms with van der Waals surface area (Å²) in [4.78, 5) is 0. The molecular weight excluding hydrogens is 345 g/mol. The van der Waals surface area contributed by atoms with E-state index in [1.54, 1.807) is 13.0 Å². The van der Waals surface area contributed by atoms with Gasteiger partial charge in [0, 0.05) is 22.9 Å². The molecular formula is C15H16BrF3N2. The molecule has 2 aliphatic carbocycles. The second kappa shape index (κ2) is 5.83. The van der Waals surface area contributed by atoms with E-state index >= 15 is 0 Å². The Morgan fingerprint density at radius 2 is 2.10 bits per heavy atom. The van der Waals surface area contributed by atoms with Crippen LogP contribution in [-0.4, -0.2) is 18.9 Å². The molecule has 21 heavy (non-hydrogen) atoms. The van der Waals surface area contributed by atoms with Crippen LogP contribution in [0.25, 0.3) is 0 Å². The van der Waals surface area contributed by atoms with Crippen LogP contribution in [0.1, 0.15) is 13.3 Å². The quantitative estimate of drug-likeness (QED) is 0.582. The van der Waals surface area contributed by atoms with Gasteiger partial charge < -0.3 is 5.43 Å². The maximum atomic E-state index is 13.3. The molecule has 0 radical (unpaired) electrons. The van der Waals surface area contributed by atoms with E-state index in [9.17, 15) is 13.2 Å². The van der Waals surface area contributed by atoms with E-state index in [2.05, 4.69) is 26.5 Å². The Morgan fingerprint density at radius 3 is 2.71 bits per heavy atom. The van der Waals surface area contributed by atoms with Gasteiger partial charge in [-0.15, -0.1) is 0 Å². The van der Waals surface area contributed by atoms with Crippen LogP contribution >= 0.6 is 15.9 Å². The zero-order valence-electron chi connectivity index (χ0n) is 11.7.